The van der Waals surface area contributed by atoms with Gasteiger partial charge in [0.05, 0.1) is 4.92 Å². The molecule has 0 fully saturated rings. The van der Waals surface area contributed by atoms with Crippen molar-refractivity contribution in [3.05, 3.63) is 63.6 Å². The average molecular weight is 277 g/mol. The zero-order valence-electron chi connectivity index (χ0n) is 11.2. The lowest BCUT2D eigenvalue weighted by Crippen LogP contribution is -2.07. The van der Waals surface area contributed by atoms with Crippen molar-refractivity contribution in [1.29, 1.82) is 0 Å². The van der Waals surface area contributed by atoms with Gasteiger partial charge in [0.1, 0.15) is 5.75 Å². The number of para-hydroxylation sites is 1. The molecule has 1 N–H and O–H groups in total. The maximum atomic E-state index is 11.0. The van der Waals surface area contributed by atoms with Gasteiger partial charge in [0.25, 0.3) is 0 Å². The van der Waals surface area contributed by atoms with E-state index in [1.54, 1.807) is 37.3 Å². The molecule has 1 aromatic rings. The van der Waals surface area contributed by atoms with E-state index in [4.69, 9.17) is 9.84 Å². The van der Waals surface area contributed by atoms with Crippen LogP contribution in [0.15, 0.2) is 53.4 Å². The maximum absolute atomic E-state index is 11.0. The standard InChI is InChI=1S/C14H15NO5/c1-3-11(14(16)17)9-13(15(18)19)10(2)20-12-7-5-4-6-8-12/h4-9H,3H2,1-2H3,(H,16,17)/b11-9+,13-10-. The first-order valence-electron chi connectivity index (χ1n) is 5.97. The topological polar surface area (TPSA) is 89.7 Å². The van der Waals surface area contributed by atoms with Crippen molar-refractivity contribution in [2.45, 2.75) is 20.3 Å². The van der Waals surface area contributed by atoms with Crippen LogP contribution in [0.4, 0.5) is 0 Å². The molecule has 0 aromatic heterocycles. The second-order valence-corrected chi connectivity index (χ2v) is 3.94. The number of benzene rings is 1. The number of hydrogen-bond donors (Lipinski definition) is 1. The van der Waals surface area contributed by atoms with Crippen LogP contribution in [0.2, 0.25) is 0 Å². The maximum Gasteiger partial charge on any atom is 0.331 e. The highest BCUT2D eigenvalue weighted by atomic mass is 16.6. The molecule has 6 nitrogen and oxygen atoms in total. The van der Waals surface area contributed by atoms with E-state index in [2.05, 4.69) is 0 Å². The van der Waals surface area contributed by atoms with Crippen LogP contribution in [-0.2, 0) is 4.79 Å². The molecule has 0 aliphatic rings. The highest BCUT2D eigenvalue weighted by Crippen LogP contribution is 2.17. The Morgan fingerprint density at radius 1 is 1.40 bits per heavy atom. The van der Waals surface area contributed by atoms with E-state index >= 15 is 0 Å². The summed E-state index contributed by atoms with van der Waals surface area (Å²) in [5, 5.41) is 20.0. The summed E-state index contributed by atoms with van der Waals surface area (Å²) in [6.07, 6.45) is 1.21. The number of ether oxygens (including phenoxy) is 1. The van der Waals surface area contributed by atoms with Gasteiger partial charge in [0, 0.05) is 18.6 Å². The van der Waals surface area contributed by atoms with Gasteiger partial charge in [-0.1, -0.05) is 25.1 Å². The summed E-state index contributed by atoms with van der Waals surface area (Å²) in [6, 6.07) is 8.57. The molecule has 0 atom stereocenters. The number of carbonyl (C=O) groups is 1. The molecule has 0 aliphatic heterocycles. The third kappa shape index (κ3) is 4.24. The van der Waals surface area contributed by atoms with Crippen molar-refractivity contribution in [2.75, 3.05) is 0 Å². The first-order chi connectivity index (χ1) is 9.45. The molecule has 0 saturated carbocycles. The second kappa shape index (κ2) is 7.08. The molecule has 0 radical (unpaired) electrons. The van der Waals surface area contributed by atoms with E-state index in [0.717, 1.165) is 6.08 Å². The third-order valence-electron chi connectivity index (χ3n) is 2.54. The molecule has 0 amide bonds. The number of rotatable bonds is 6. The quantitative estimate of drug-likeness (QED) is 0.284. The normalized spacial score (nSPS) is 12.6. The lowest BCUT2D eigenvalue weighted by molar-refractivity contribution is -0.421. The summed E-state index contributed by atoms with van der Waals surface area (Å²) >= 11 is 0. The molecule has 0 spiro atoms. The average Bonchev–Trinajstić information content (AvgIpc) is 2.39. The molecule has 1 rings (SSSR count). The molecule has 0 unspecified atom stereocenters. The van der Waals surface area contributed by atoms with Gasteiger partial charge < -0.3 is 9.84 Å². The largest absolute Gasteiger partial charge is 0.478 e. The fourth-order valence-corrected chi connectivity index (χ4v) is 1.48. The van der Waals surface area contributed by atoms with Gasteiger partial charge in [0.15, 0.2) is 5.76 Å². The Balaban J connectivity index is 3.14. The van der Waals surface area contributed by atoms with Crippen molar-refractivity contribution in [1.82, 2.24) is 0 Å². The van der Waals surface area contributed by atoms with E-state index in [-0.39, 0.29) is 23.5 Å². The summed E-state index contributed by atoms with van der Waals surface area (Å²) in [5.74, 6) is -0.695. The van der Waals surface area contributed by atoms with Crippen LogP contribution < -0.4 is 4.74 Å². The highest BCUT2D eigenvalue weighted by molar-refractivity contribution is 5.86. The van der Waals surface area contributed by atoms with Crippen molar-refractivity contribution in [3.63, 3.8) is 0 Å². The predicted molar refractivity (Wildman–Crippen MR) is 72.8 cm³/mol. The molecule has 1 aromatic carbocycles. The molecule has 0 bridgehead atoms. The van der Waals surface area contributed by atoms with Crippen LogP contribution in [0.1, 0.15) is 20.3 Å². The lowest BCUT2D eigenvalue weighted by Gasteiger charge is -2.06. The van der Waals surface area contributed by atoms with Crippen LogP contribution in [0.25, 0.3) is 0 Å². The summed E-state index contributed by atoms with van der Waals surface area (Å²) < 4.78 is 5.36. The third-order valence-corrected chi connectivity index (χ3v) is 2.54. The summed E-state index contributed by atoms with van der Waals surface area (Å²) in [4.78, 5) is 21.3. The van der Waals surface area contributed by atoms with E-state index in [0.29, 0.717) is 5.75 Å². The van der Waals surface area contributed by atoms with Gasteiger partial charge in [0.2, 0.25) is 0 Å². The minimum atomic E-state index is -1.18. The fourth-order valence-electron chi connectivity index (χ4n) is 1.48. The molecule has 6 heteroatoms. The van der Waals surface area contributed by atoms with Crippen LogP contribution in [0.5, 0.6) is 5.75 Å². The van der Waals surface area contributed by atoms with Gasteiger partial charge in [-0.2, -0.15) is 0 Å². The smallest absolute Gasteiger partial charge is 0.331 e. The number of carboxylic acid groups (broad SMARTS) is 1. The molecule has 0 saturated heterocycles. The van der Waals surface area contributed by atoms with E-state index in [1.807, 2.05) is 0 Å². The van der Waals surface area contributed by atoms with Gasteiger partial charge in [-0.25, -0.2) is 4.79 Å². The fraction of sp³-hybridized carbons (Fsp3) is 0.214. The SMILES string of the molecule is CC/C(=C\C(=C(/C)Oc1ccccc1)[N+](=O)[O-])C(=O)O. The summed E-state index contributed by atoms with van der Waals surface area (Å²) in [6.45, 7) is 3.04. The van der Waals surface area contributed by atoms with Crippen LogP contribution in [-0.4, -0.2) is 16.0 Å². The second-order valence-electron chi connectivity index (χ2n) is 3.94. The molecule has 106 valence electrons. The number of allylic oxidation sites excluding steroid dienone is 2. The van der Waals surface area contributed by atoms with Crippen molar-refractivity contribution in [3.8, 4) is 5.75 Å². The lowest BCUT2D eigenvalue weighted by atomic mass is 10.1. The van der Waals surface area contributed by atoms with Gasteiger partial charge >= 0.3 is 11.7 Å². The minimum absolute atomic E-state index is 0.0356. The molecule has 20 heavy (non-hydrogen) atoms. The van der Waals surface area contributed by atoms with Gasteiger partial charge in [-0.05, 0) is 18.6 Å². The van der Waals surface area contributed by atoms with Gasteiger partial charge in [-0.3, -0.25) is 10.1 Å². The van der Waals surface area contributed by atoms with E-state index in [1.165, 1.54) is 6.92 Å². The Bertz CT molecular complexity index is 560. The first-order valence-corrected chi connectivity index (χ1v) is 5.97. The number of nitrogens with zero attached hydrogens (tertiary/aromatic N) is 1. The Hall–Kier alpha value is -2.63. The summed E-state index contributed by atoms with van der Waals surface area (Å²) in [7, 11) is 0. The molecule has 0 heterocycles. The van der Waals surface area contributed by atoms with Crippen LogP contribution in [0.3, 0.4) is 0 Å². The van der Waals surface area contributed by atoms with Crippen molar-refractivity contribution >= 4 is 5.97 Å². The molecular formula is C14H15NO5. The molecule has 0 aliphatic carbocycles. The highest BCUT2D eigenvalue weighted by Gasteiger charge is 2.18. The zero-order valence-corrected chi connectivity index (χ0v) is 11.2. The minimum Gasteiger partial charge on any atom is -0.478 e. The Morgan fingerprint density at radius 2 is 2.00 bits per heavy atom. The Kier molecular flexibility index (Phi) is 5.46. The monoisotopic (exact) mass is 277 g/mol. The summed E-state index contributed by atoms with van der Waals surface area (Å²) in [5.41, 5.74) is -0.416. The molecular weight excluding hydrogens is 262 g/mol. The van der Waals surface area contributed by atoms with Crippen LogP contribution >= 0.6 is 0 Å². The van der Waals surface area contributed by atoms with E-state index < -0.39 is 10.9 Å². The number of hydrogen-bond acceptors (Lipinski definition) is 4. The predicted octanol–water partition coefficient (Wildman–Crippen LogP) is 2.99. The number of carboxylic acids is 1. The Morgan fingerprint density at radius 3 is 2.45 bits per heavy atom. The van der Waals surface area contributed by atoms with Crippen LogP contribution in [0, 0.1) is 10.1 Å². The zero-order chi connectivity index (χ0) is 15.1. The Labute approximate surface area is 116 Å². The van der Waals surface area contributed by atoms with Gasteiger partial charge in [-0.15, -0.1) is 0 Å². The first kappa shape index (κ1) is 15.4. The van der Waals surface area contributed by atoms with Crippen molar-refractivity contribution < 1.29 is 19.6 Å². The number of aliphatic carboxylic acids is 1. The number of nitro groups is 1. The van der Waals surface area contributed by atoms with E-state index in [9.17, 15) is 14.9 Å². The van der Waals surface area contributed by atoms with Crippen molar-refractivity contribution in [2.24, 2.45) is 0 Å².